The number of carbonyl (C=O) groups is 5. The summed E-state index contributed by atoms with van der Waals surface area (Å²) in [6.07, 6.45) is 0.955. The molecule has 4 atom stereocenters. The Balaban J connectivity index is 2.83. The molecule has 14 heteroatoms. The maximum atomic E-state index is 12.9. The molecule has 0 saturated carbocycles. The van der Waals surface area contributed by atoms with Gasteiger partial charge < -0.3 is 43.6 Å². The lowest BCUT2D eigenvalue weighted by atomic mass is 10.0. The number of carboxylic acids is 1. The second kappa shape index (κ2) is 13.3. The number of nitrogens with one attached hydrogen (secondary N) is 2. The molecule has 14 nitrogen and oxygen atoms in total. The summed E-state index contributed by atoms with van der Waals surface area (Å²) in [6.45, 7) is 3.87. The highest BCUT2D eigenvalue weighted by Crippen LogP contribution is 2.19. The van der Waals surface area contributed by atoms with E-state index >= 15 is 0 Å². The van der Waals surface area contributed by atoms with Crippen molar-refractivity contribution in [1.29, 1.82) is 0 Å². The van der Waals surface area contributed by atoms with Crippen molar-refractivity contribution in [3.63, 3.8) is 0 Å². The SMILES string of the molecule is CC(C)C(NC(=O)C1CCCN1C(=O)C(N)CC(N)=O)C(=O)NC(CCCN=C(N)N)C(=O)O. The summed E-state index contributed by atoms with van der Waals surface area (Å²) in [5.74, 6) is -4.26. The molecule has 4 unspecified atom stereocenters. The minimum atomic E-state index is -1.23. The Kier molecular flexibility index (Phi) is 11.2. The lowest BCUT2D eigenvalue weighted by Gasteiger charge is -2.29. The predicted molar refractivity (Wildman–Crippen MR) is 123 cm³/mol. The number of likely N-dealkylation sites (tertiary alicyclic amines) is 1. The van der Waals surface area contributed by atoms with Crippen LogP contribution in [0, 0.1) is 5.92 Å². The summed E-state index contributed by atoms with van der Waals surface area (Å²) >= 11 is 0. The van der Waals surface area contributed by atoms with Crippen LogP contribution in [0.3, 0.4) is 0 Å². The van der Waals surface area contributed by atoms with Crippen molar-refractivity contribution >= 4 is 35.6 Å². The number of hydrogen-bond donors (Lipinski definition) is 7. The summed E-state index contributed by atoms with van der Waals surface area (Å²) in [6, 6.07) is -4.26. The van der Waals surface area contributed by atoms with Crippen LogP contribution in [0.4, 0.5) is 0 Å². The molecule has 1 fully saturated rings. The molecule has 1 saturated heterocycles. The number of nitrogens with zero attached hydrogens (tertiary/aromatic N) is 2. The van der Waals surface area contributed by atoms with Crippen molar-refractivity contribution in [2.75, 3.05) is 13.1 Å². The molecule has 0 aromatic heterocycles. The van der Waals surface area contributed by atoms with Crippen LogP contribution >= 0.6 is 0 Å². The Morgan fingerprint density at radius 1 is 1.12 bits per heavy atom. The number of guanidine groups is 1. The monoisotopic (exact) mass is 484 g/mol. The third-order valence-corrected chi connectivity index (χ3v) is 5.38. The van der Waals surface area contributed by atoms with Crippen molar-refractivity contribution in [3.05, 3.63) is 0 Å². The van der Waals surface area contributed by atoms with Gasteiger partial charge in [0, 0.05) is 13.1 Å². The van der Waals surface area contributed by atoms with Gasteiger partial charge in [-0.1, -0.05) is 13.8 Å². The van der Waals surface area contributed by atoms with Gasteiger partial charge in [-0.25, -0.2) is 4.79 Å². The number of hydrogen-bond acceptors (Lipinski definition) is 7. The highest BCUT2D eigenvalue weighted by Gasteiger charge is 2.38. The molecule has 0 aromatic rings. The molecule has 0 radical (unpaired) electrons. The van der Waals surface area contributed by atoms with Gasteiger partial charge >= 0.3 is 5.97 Å². The summed E-state index contributed by atoms with van der Waals surface area (Å²) in [7, 11) is 0. The van der Waals surface area contributed by atoms with E-state index in [2.05, 4.69) is 15.6 Å². The Morgan fingerprint density at radius 2 is 1.76 bits per heavy atom. The Morgan fingerprint density at radius 3 is 2.29 bits per heavy atom. The Labute approximate surface area is 197 Å². The third-order valence-electron chi connectivity index (χ3n) is 5.38. The first kappa shape index (κ1) is 28.6. The number of primary amides is 1. The second-order valence-corrected chi connectivity index (χ2v) is 8.55. The zero-order valence-corrected chi connectivity index (χ0v) is 19.5. The summed E-state index contributed by atoms with van der Waals surface area (Å²) < 4.78 is 0. The molecular formula is C20H36N8O6. The molecule has 1 rings (SSSR count). The molecule has 0 aromatic carbocycles. The average molecular weight is 485 g/mol. The quantitative estimate of drug-likeness (QED) is 0.0795. The minimum absolute atomic E-state index is 0.0826. The standard InChI is InChI=1S/C20H36N8O6/c1-10(2)15(17(31)26-12(19(33)34)5-3-7-25-20(23)24)27-16(30)13-6-4-8-28(13)18(32)11(21)9-14(22)29/h10-13,15H,3-9,21H2,1-2H3,(H2,22,29)(H,26,31)(H,27,30)(H,33,34)(H4,23,24,25). The molecule has 11 N–H and O–H groups in total. The first-order chi connectivity index (χ1) is 15.8. The van der Waals surface area contributed by atoms with Gasteiger partial charge in [-0.05, 0) is 31.6 Å². The van der Waals surface area contributed by atoms with E-state index in [1.165, 1.54) is 4.90 Å². The fraction of sp³-hybridized carbons (Fsp3) is 0.700. The van der Waals surface area contributed by atoms with E-state index in [0.717, 1.165) is 0 Å². The average Bonchev–Trinajstić information content (AvgIpc) is 3.22. The third kappa shape index (κ3) is 8.84. The number of nitrogens with two attached hydrogens (primary N) is 4. The topological polar surface area (TPSA) is 249 Å². The minimum Gasteiger partial charge on any atom is -0.480 e. The first-order valence-electron chi connectivity index (χ1n) is 11.1. The molecule has 1 heterocycles. The van der Waals surface area contributed by atoms with E-state index in [1.54, 1.807) is 13.8 Å². The fourth-order valence-electron chi connectivity index (χ4n) is 3.63. The van der Waals surface area contributed by atoms with E-state index in [-0.39, 0.29) is 37.8 Å². The zero-order chi connectivity index (χ0) is 26.0. The molecule has 192 valence electrons. The van der Waals surface area contributed by atoms with Gasteiger partial charge in [0.2, 0.25) is 23.6 Å². The van der Waals surface area contributed by atoms with Crippen molar-refractivity contribution in [2.45, 2.75) is 70.1 Å². The van der Waals surface area contributed by atoms with Gasteiger partial charge in [0.1, 0.15) is 18.1 Å². The summed E-state index contributed by atoms with van der Waals surface area (Å²) in [5, 5.41) is 14.5. The highest BCUT2D eigenvalue weighted by atomic mass is 16.4. The van der Waals surface area contributed by atoms with E-state index in [0.29, 0.717) is 19.3 Å². The van der Waals surface area contributed by atoms with Crippen molar-refractivity contribution < 1.29 is 29.1 Å². The Bertz CT molecular complexity index is 798. The number of aliphatic imine (C=N–C) groups is 1. The molecule has 1 aliphatic heterocycles. The molecular weight excluding hydrogens is 448 g/mol. The van der Waals surface area contributed by atoms with Crippen LogP contribution < -0.4 is 33.6 Å². The molecule has 1 aliphatic rings. The first-order valence-corrected chi connectivity index (χ1v) is 11.1. The number of carboxylic acid groups (broad SMARTS) is 1. The molecule has 4 amide bonds. The lowest BCUT2D eigenvalue weighted by Crippen LogP contribution is -2.58. The van der Waals surface area contributed by atoms with E-state index in [4.69, 9.17) is 22.9 Å². The highest BCUT2D eigenvalue weighted by molar-refractivity contribution is 5.95. The van der Waals surface area contributed by atoms with Crippen LogP contribution in [0.25, 0.3) is 0 Å². The van der Waals surface area contributed by atoms with E-state index in [1.807, 2.05) is 0 Å². The van der Waals surface area contributed by atoms with Crippen molar-refractivity contribution in [3.8, 4) is 0 Å². The van der Waals surface area contributed by atoms with Gasteiger partial charge in [-0.15, -0.1) is 0 Å². The number of carbonyl (C=O) groups excluding carboxylic acids is 4. The van der Waals surface area contributed by atoms with Gasteiger partial charge in [0.15, 0.2) is 5.96 Å². The van der Waals surface area contributed by atoms with Gasteiger partial charge in [-0.2, -0.15) is 0 Å². The normalized spacial score (nSPS) is 18.0. The van der Waals surface area contributed by atoms with Crippen LogP contribution in [0.5, 0.6) is 0 Å². The van der Waals surface area contributed by atoms with E-state index in [9.17, 15) is 29.1 Å². The van der Waals surface area contributed by atoms with Gasteiger partial charge in [0.25, 0.3) is 0 Å². The molecule has 0 bridgehead atoms. The second-order valence-electron chi connectivity index (χ2n) is 8.55. The molecule has 0 aliphatic carbocycles. The number of aliphatic carboxylic acids is 1. The molecule has 34 heavy (non-hydrogen) atoms. The fourth-order valence-corrected chi connectivity index (χ4v) is 3.63. The predicted octanol–water partition coefficient (Wildman–Crippen LogP) is -3.06. The van der Waals surface area contributed by atoms with Gasteiger partial charge in [0.05, 0.1) is 12.5 Å². The van der Waals surface area contributed by atoms with Crippen LogP contribution in [0.1, 0.15) is 46.0 Å². The summed E-state index contributed by atoms with van der Waals surface area (Å²) in [4.78, 5) is 66.1. The zero-order valence-electron chi connectivity index (χ0n) is 19.5. The van der Waals surface area contributed by atoms with Crippen LogP contribution in [-0.4, -0.2) is 82.8 Å². The van der Waals surface area contributed by atoms with Crippen molar-refractivity contribution in [1.82, 2.24) is 15.5 Å². The maximum Gasteiger partial charge on any atom is 0.326 e. The summed E-state index contributed by atoms with van der Waals surface area (Å²) in [5.41, 5.74) is 21.3. The van der Waals surface area contributed by atoms with Gasteiger partial charge in [-0.3, -0.25) is 24.2 Å². The van der Waals surface area contributed by atoms with Crippen LogP contribution in [-0.2, 0) is 24.0 Å². The molecule has 0 spiro atoms. The van der Waals surface area contributed by atoms with E-state index < -0.39 is 53.8 Å². The maximum absolute atomic E-state index is 12.9. The number of amides is 4. The smallest absolute Gasteiger partial charge is 0.326 e. The van der Waals surface area contributed by atoms with Crippen LogP contribution in [0.15, 0.2) is 4.99 Å². The Hall–Kier alpha value is -3.42. The van der Waals surface area contributed by atoms with Crippen molar-refractivity contribution in [2.24, 2.45) is 33.8 Å². The largest absolute Gasteiger partial charge is 0.480 e. The van der Waals surface area contributed by atoms with Crippen LogP contribution in [0.2, 0.25) is 0 Å². The number of rotatable bonds is 13. The lowest BCUT2D eigenvalue weighted by molar-refractivity contribution is -0.143.